The van der Waals surface area contributed by atoms with E-state index in [1.165, 1.54) is 5.56 Å². The summed E-state index contributed by atoms with van der Waals surface area (Å²) in [4.78, 5) is 0. The molecule has 0 aromatic heterocycles. The van der Waals surface area contributed by atoms with Crippen molar-refractivity contribution in [3.63, 3.8) is 0 Å². The van der Waals surface area contributed by atoms with E-state index in [1.54, 1.807) is 0 Å². The van der Waals surface area contributed by atoms with Gasteiger partial charge in [0.2, 0.25) is 0 Å². The van der Waals surface area contributed by atoms with Gasteiger partial charge in [-0.05, 0) is 17.5 Å². The van der Waals surface area contributed by atoms with Gasteiger partial charge in [-0.1, -0.05) is 37.6 Å². The highest BCUT2D eigenvalue weighted by atomic mass is 35.5. The fourth-order valence-electron chi connectivity index (χ4n) is 1.25. The van der Waals surface area contributed by atoms with E-state index in [9.17, 15) is 0 Å². The van der Waals surface area contributed by atoms with Crippen LogP contribution in [0.15, 0.2) is 24.3 Å². The third kappa shape index (κ3) is 3.37. The van der Waals surface area contributed by atoms with Gasteiger partial charge in [-0.2, -0.15) is 5.26 Å². The maximum atomic E-state index is 8.59. The molecule has 3 heteroatoms. The zero-order chi connectivity index (χ0) is 9.68. The monoisotopic (exact) mass is 210 g/mol. The number of nitrogens with two attached hydrogens (primary N) is 1. The number of halogens is 1. The summed E-state index contributed by atoms with van der Waals surface area (Å²) in [6.45, 7) is 2.15. The van der Waals surface area contributed by atoms with Crippen LogP contribution in [-0.2, 0) is 6.42 Å². The van der Waals surface area contributed by atoms with Crippen molar-refractivity contribution in [3.05, 3.63) is 35.4 Å². The Morgan fingerprint density at radius 3 is 2.36 bits per heavy atom. The third-order valence-electron chi connectivity index (χ3n) is 2.02. The average Bonchev–Trinajstić information content (AvgIpc) is 2.18. The molecule has 1 aromatic carbocycles. The molecule has 0 radical (unpaired) electrons. The molecule has 76 valence electrons. The van der Waals surface area contributed by atoms with E-state index >= 15 is 0 Å². The van der Waals surface area contributed by atoms with Crippen LogP contribution in [0.25, 0.3) is 0 Å². The molecule has 14 heavy (non-hydrogen) atoms. The number of aryl methyl sites for hydroxylation is 1. The van der Waals surface area contributed by atoms with Crippen molar-refractivity contribution in [1.29, 1.82) is 5.26 Å². The molecule has 0 saturated carbocycles. The molecule has 0 spiro atoms. The number of nitriles is 1. The Morgan fingerprint density at radius 2 is 1.93 bits per heavy atom. The van der Waals surface area contributed by atoms with Crippen LogP contribution in [0, 0.1) is 11.3 Å². The SMILES string of the molecule is CCCc1ccc(C(N)C#N)cc1.Cl. The summed E-state index contributed by atoms with van der Waals surface area (Å²) >= 11 is 0. The van der Waals surface area contributed by atoms with Crippen molar-refractivity contribution in [2.24, 2.45) is 5.73 Å². The maximum Gasteiger partial charge on any atom is 0.118 e. The van der Waals surface area contributed by atoms with Gasteiger partial charge in [-0.15, -0.1) is 12.4 Å². The zero-order valence-corrected chi connectivity index (χ0v) is 9.05. The average molecular weight is 211 g/mol. The molecule has 0 aliphatic heterocycles. The van der Waals surface area contributed by atoms with Crippen molar-refractivity contribution in [2.45, 2.75) is 25.8 Å². The molecule has 0 saturated heterocycles. The van der Waals surface area contributed by atoms with E-state index < -0.39 is 6.04 Å². The second-order valence-electron chi connectivity index (χ2n) is 3.10. The fourth-order valence-corrected chi connectivity index (χ4v) is 1.25. The Kier molecular flexibility index (Phi) is 5.94. The Bertz CT molecular complexity index is 300. The summed E-state index contributed by atoms with van der Waals surface area (Å²) in [6.07, 6.45) is 2.23. The van der Waals surface area contributed by atoms with Crippen LogP contribution in [0.5, 0.6) is 0 Å². The molecule has 0 heterocycles. The number of hydrogen-bond donors (Lipinski definition) is 1. The van der Waals surface area contributed by atoms with Gasteiger partial charge in [0, 0.05) is 0 Å². The Hall–Kier alpha value is -1.04. The van der Waals surface area contributed by atoms with Crippen molar-refractivity contribution >= 4 is 12.4 Å². The van der Waals surface area contributed by atoms with Crippen LogP contribution in [0.3, 0.4) is 0 Å². The van der Waals surface area contributed by atoms with E-state index in [-0.39, 0.29) is 12.4 Å². The minimum atomic E-state index is -0.490. The molecular formula is C11H15ClN2. The molecule has 1 unspecified atom stereocenters. The van der Waals surface area contributed by atoms with E-state index in [0.717, 1.165) is 18.4 Å². The molecule has 0 aliphatic carbocycles. The Balaban J connectivity index is 0.00000169. The van der Waals surface area contributed by atoms with Crippen LogP contribution < -0.4 is 5.73 Å². The van der Waals surface area contributed by atoms with Gasteiger partial charge >= 0.3 is 0 Å². The number of hydrogen-bond acceptors (Lipinski definition) is 2. The normalized spacial score (nSPS) is 11.2. The highest BCUT2D eigenvalue weighted by Gasteiger charge is 2.02. The summed E-state index contributed by atoms with van der Waals surface area (Å²) in [5.41, 5.74) is 7.75. The third-order valence-corrected chi connectivity index (χ3v) is 2.02. The van der Waals surface area contributed by atoms with Gasteiger partial charge < -0.3 is 5.73 Å². The maximum absolute atomic E-state index is 8.59. The molecule has 0 fully saturated rings. The number of nitrogens with zero attached hydrogens (tertiary/aromatic N) is 1. The quantitative estimate of drug-likeness (QED) is 0.834. The zero-order valence-electron chi connectivity index (χ0n) is 8.23. The lowest BCUT2D eigenvalue weighted by Crippen LogP contribution is -2.06. The van der Waals surface area contributed by atoms with Crippen molar-refractivity contribution in [3.8, 4) is 6.07 Å². The molecule has 2 N–H and O–H groups in total. The van der Waals surface area contributed by atoms with Crippen LogP contribution in [0.2, 0.25) is 0 Å². The predicted octanol–water partition coefficient (Wildman–Crippen LogP) is 2.58. The summed E-state index contributed by atoms with van der Waals surface area (Å²) in [7, 11) is 0. The van der Waals surface area contributed by atoms with Gasteiger partial charge in [0.25, 0.3) is 0 Å². The van der Waals surface area contributed by atoms with Crippen LogP contribution in [0.1, 0.15) is 30.5 Å². The van der Waals surface area contributed by atoms with Crippen molar-refractivity contribution < 1.29 is 0 Å². The molecule has 0 bridgehead atoms. The summed E-state index contributed by atoms with van der Waals surface area (Å²) in [6, 6.07) is 9.45. The molecule has 0 amide bonds. The Morgan fingerprint density at radius 1 is 1.36 bits per heavy atom. The number of rotatable bonds is 3. The topological polar surface area (TPSA) is 49.8 Å². The molecule has 1 aromatic rings. The van der Waals surface area contributed by atoms with Crippen LogP contribution in [-0.4, -0.2) is 0 Å². The second-order valence-corrected chi connectivity index (χ2v) is 3.10. The standard InChI is InChI=1S/C11H14N2.ClH/c1-2-3-9-4-6-10(7-5-9)11(13)8-12;/h4-7,11H,2-3,13H2,1H3;1H. The predicted molar refractivity (Wildman–Crippen MR) is 60.2 cm³/mol. The Labute approximate surface area is 91.1 Å². The molecular weight excluding hydrogens is 196 g/mol. The van der Waals surface area contributed by atoms with E-state index in [1.807, 2.05) is 30.3 Å². The molecule has 2 nitrogen and oxygen atoms in total. The first-order valence-electron chi connectivity index (χ1n) is 4.52. The minimum Gasteiger partial charge on any atom is -0.312 e. The lowest BCUT2D eigenvalue weighted by atomic mass is 10.0. The largest absolute Gasteiger partial charge is 0.312 e. The van der Waals surface area contributed by atoms with Crippen molar-refractivity contribution in [1.82, 2.24) is 0 Å². The van der Waals surface area contributed by atoms with Gasteiger partial charge in [-0.25, -0.2) is 0 Å². The summed E-state index contributed by atoms with van der Waals surface area (Å²) in [5.74, 6) is 0. The molecule has 1 rings (SSSR count). The first-order valence-corrected chi connectivity index (χ1v) is 4.52. The van der Waals surface area contributed by atoms with Gasteiger partial charge in [0.15, 0.2) is 0 Å². The fraction of sp³-hybridized carbons (Fsp3) is 0.364. The summed E-state index contributed by atoms with van der Waals surface area (Å²) in [5, 5.41) is 8.59. The van der Waals surface area contributed by atoms with Gasteiger partial charge in [-0.3, -0.25) is 0 Å². The van der Waals surface area contributed by atoms with Crippen LogP contribution in [0.4, 0.5) is 0 Å². The van der Waals surface area contributed by atoms with Crippen molar-refractivity contribution in [2.75, 3.05) is 0 Å². The lowest BCUT2D eigenvalue weighted by Gasteiger charge is -2.04. The minimum absolute atomic E-state index is 0. The first kappa shape index (κ1) is 13.0. The highest BCUT2D eigenvalue weighted by molar-refractivity contribution is 5.85. The molecule has 0 aliphatic rings. The lowest BCUT2D eigenvalue weighted by molar-refractivity contribution is 0.903. The van der Waals surface area contributed by atoms with Crippen LogP contribution >= 0.6 is 12.4 Å². The van der Waals surface area contributed by atoms with E-state index in [0.29, 0.717) is 0 Å². The number of benzene rings is 1. The smallest absolute Gasteiger partial charge is 0.118 e. The summed E-state index contributed by atoms with van der Waals surface area (Å²) < 4.78 is 0. The second kappa shape index (κ2) is 6.42. The van der Waals surface area contributed by atoms with E-state index in [4.69, 9.17) is 11.0 Å². The van der Waals surface area contributed by atoms with E-state index in [2.05, 4.69) is 6.92 Å². The first-order chi connectivity index (χ1) is 6.27. The molecule has 1 atom stereocenters. The van der Waals surface area contributed by atoms with Gasteiger partial charge in [0.05, 0.1) is 6.07 Å². The van der Waals surface area contributed by atoms with Gasteiger partial charge in [0.1, 0.15) is 6.04 Å². The highest BCUT2D eigenvalue weighted by Crippen LogP contribution is 2.11.